The zero-order valence-electron chi connectivity index (χ0n) is 13.7. The molecule has 0 amide bonds. The van der Waals surface area contributed by atoms with Crippen LogP contribution < -0.4 is 15.4 Å². The zero-order chi connectivity index (χ0) is 18.4. The summed E-state index contributed by atoms with van der Waals surface area (Å²) in [5, 5.41) is 7.46. The number of anilines is 2. The highest BCUT2D eigenvalue weighted by atomic mass is 35.5. The minimum absolute atomic E-state index is 0.423. The Bertz CT molecular complexity index is 886. The molecule has 3 aromatic rings. The monoisotopic (exact) mass is 402 g/mol. The van der Waals surface area contributed by atoms with Crippen LogP contribution in [0.4, 0.5) is 11.4 Å². The first-order valence-corrected chi connectivity index (χ1v) is 9.07. The lowest BCUT2D eigenvalue weighted by molar-refractivity contribution is 0.306. The molecule has 6 heteroatoms. The lowest BCUT2D eigenvalue weighted by Crippen LogP contribution is -2.19. The Morgan fingerprint density at radius 3 is 2.31 bits per heavy atom. The maximum atomic E-state index is 6.15. The van der Waals surface area contributed by atoms with Gasteiger partial charge >= 0.3 is 0 Å². The number of ether oxygens (including phenoxy) is 1. The zero-order valence-corrected chi connectivity index (χ0v) is 16.0. The van der Waals surface area contributed by atoms with Gasteiger partial charge in [-0.05, 0) is 54.2 Å². The van der Waals surface area contributed by atoms with E-state index in [0.29, 0.717) is 27.5 Å². The summed E-state index contributed by atoms with van der Waals surface area (Å²) in [5.41, 5.74) is 2.62. The second-order valence-corrected chi connectivity index (χ2v) is 6.67. The molecule has 2 N–H and O–H groups in total. The van der Waals surface area contributed by atoms with E-state index in [1.54, 1.807) is 12.1 Å². The first-order chi connectivity index (χ1) is 12.6. The molecule has 0 aliphatic carbocycles. The normalized spacial score (nSPS) is 10.2. The van der Waals surface area contributed by atoms with E-state index >= 15 is 0 Å². The quantitative estimate of drug-likeness (QED) is 0.484. The molecule has 132 valence electrons. The van der Waals surface area contributed by atoms with Gasteiger partial charge in [0.25, 0.3) is 0 Å². The molecule has 0 bridgehead atoms. The van der Waals surface area contributed by atoms with Crippen molar-refractivity contribution >= 4 is 51.9 Å². The van der Waals surface area contributed by atoms with Crippen molar-refractivity contribution in [2.45, 2.75) is 6.61 Å². The molecule has 0 saturated carbocycles. The summed E-state index contributed by atoms with van der Waals surface area (Å²) >= 11 is 17.5. The summed E-state index contributed by atoms with van der Waals surface area (Å²) in [6.45, 7) is 0.529. The smallest absolute Gasteiger partial charge is 0.175 e. The highest BCUT2D eigenvalue weighted by Crippen LogP contribution is 2.29. The van der Waals surface area contributed by atoms with Crippen LogP contribution in [0.1, 0.15) is 5.56 Å². The van der Waals surface area contributed by atoms with E-state index in [1.807, 2.05) is 60.7 Å². The van der Waals surface area contributed by atoms with Crippen LogP contribution in [0.2, 0.25) is 10.0 Å². The van der Waals surface area contributed by atoms with Crippen LogP contribution in [0.25, 0.3) is 0 Å². The van der Waals surface area contributed by atoms with Gasteiger partial charge < -0.3 is 15.4 Å². The van der Waals surface area contributed by atoms with Gasteiger partial charge in [0.2, 0.25) is 0 Å². The summed E-state index contributed by atoms with van der Waals surface area (Å²) < 4.78 is 5.77. The summed E-state index contributed by atoms with van der Waals surface area (Å²) in [4.78, 5) is 0. The van der Waals surface area contributed by atoms with Gasteiger partial charge in [-0.3, -0.25) is 0 Å². The molecule has 0 spiro atoms. The van der Waals surface area contributed by atoms with E-state index in [1.165, 1.54) is 0 Å². The summed E-state index contributed by atoms with van der Waals surface area (Å²) in [5.74, 6) is 0.788. The predicted octanol–water partition coefficient (Wildman–Crippen LogP) is 6.38. The Kier molecular flexibility index (Phi) is 6.34. The number of benzene rings is 3. The fourth-order valence-electron chi connectivity index (χ4n) is 2.26. The van der Waals surface area contributed by atoms with Gasteiger partial charge in [-0.1, -0.05) is 59.6 Å². The molecule has 0 fully saturated rings. The number of nitrogens with one attached hydrogen (secondary N) is 2. The molecule has 3 nitrogen and oxygen atoms in total. The molecule has 0 heterocycles. The van der Waals surface area contributed by atoms with Crippen LogP contribution in [0, 0.1) is 0 Å². The topological polar surface area (TPSA) is 33.3 Å². The van der Waals surface area contributed by atoms with Crippen LogP contribution in [-0.4, -0.2) is 5.11 Å². The molecule has 0 aliphatic rings. The Morgan fingerprint density at radius 2 is 1.58 bits per heavy atom. The van der Waals surface area contributed by atoms with Gasteiger partial charge in [0.05, 0.1) is 15.7 Å². The van der Waals surface area contributed by atoms with Gasteiger partial charge in [-0.25, -0.2) is 0 Å². The lowest BCUT2D eigenvalue weighted by Gasteiger charge is -2.13. The fraction of sp³-hybridized carbons (Fsp3) is 0.0500. The molecule has 0 aromatic heterocycles. The van der Waals surface area contributed by atoms with E-state index in [4.69, 9.17) is 40.2 Å². The standard InChI is InChI=1S/C20H16Cl2N2OS/c21-17-7-4-8-18(19(17)22)24-20(26)23-15-9-11-16(12-10-15)25-13-14-5-2-1-3-6-14/h1-12H,13H2,(H2,23,24,26). The molecular formula is C20H16Cl2N2OS. The molecule has 0 saturated heterocycles. The fourth-order valence-corrected chi connectivity index (χ4v) is 2.84. The summed E-state index contributed by atoms with van der Waals surface area (Å²) in [6, 6.07) is 22.9. The molecule has 3 aromatic carbocycles. The maximum Gasteiger partial charge on any atom is 0.175 e. The minimum atomic E-state index is 0.423. The third-order valence-corrected chi connectivity index (χ3v) is 4.58. The van der Waals surface area contributed by atoms with Crippen LogP contribution in [0.5, 0.6) is 5.75 Å². The number of hydrogen-bond donors (Lipinski definition) is 2. The van der Waals surface area contributed by atoms with E-state index in [9.17, 15) is 0 Å². The molecule has 0 atom stereocenters. The Balaban J connectivity index is 1.55. The summed E-state index contributed by atoms with van der Waals surface area (Å²) in [6.07, 6.45) is 0. The van der Waals surface area contributed by atoms with E-state index in [2.05, 4.69) is 10.6 Å². The van der Waals surface area contributed by atoms with Crippen LogP contribution in [-0.2, 0) is 6.61 Å². The number of rotatable bonds is 5. The van der Waals surface area contributed by atoms with Gasteiger partial charge in [-0.15, -0.1) is 0 Å². The van der Waals surface area contributed by atoms with E-state index in [-0.39, 0.29) is 0 Å². The number of halogens is 2. The van der Waals surface area contributed by atoms with Crippen LogP contribution in [0.3, 0.4) is 0 Å². The van der Waals surface area contributed by atoms with E-state index in [0.717, 1.165) is 17.0 Å². The largest absolute Gasteiger partial charge is 0.489 e. The highest BCUT2D eigenvalue weighted by Gasteiger charge is 2.06. The number of hydrogen-bond acceptors (Lipinski definition) is 2. The van der Waals surface area contributed by atoms with Crippen molar-refractivity contribution in [3.05, 3.63) is 88.4 Å². The molecule has 26 heavy (non-hydrogen) atoms. The maximum absolute atomic E-state index is 6.15. The van der Waals surface area contributed by atoms with Crippen LogP contribution >= 0.6 is 35.4 Å². The molecule has 0 aliphatic heterocycles. The Hall–Kier alpha value is -2.27. The third-order valence-electron chi connectivity index (χ3n) is 3.56. The average molecular weight is 403 g/mol. The lowest BCUT2D eigenvalue weighted by atomic mass is 10.2. The minimum Gasteiger partial charge on any atom is -0.489 e. The van der Waals surface area contributed by atoms with Gasteiger partial charge in [0.1, 0.15) is 12.4 Å². The van der Waals surface area contributed by atoms with Crippen molar-refractivity contribution in [2.75, 3.05) is 10.6 Å². The van der Waals surface area contributed by atoms with Gasteiger partial charge in [0, 0.05) is 5.69 Å². The highest BCUT2D eigenvalue weighted by molar-refractivity contribution is 7.80. The molecule has 0 radical (unpaired) electrons. The first kappa shape index (κ1) is 18.5. The summed E-state index contributed by atoms with van der Waals surface area (Å²) in [7, 11) is 0. The van der Waals surface area contributed by atoms with Crippen molar-refractivity contribution in [3.63, 3.8) is 0 Å². The van der Waals surface area contributed by atoms with E-state index < -0.39 is 0 Å². The third kappa shape index (κ3) is 5.11. The first-order valence-electron chi connectivity index (χ1n) is 7.90. The Labute approximate surface area is 167 Å². The molecular weight excluding hydrogens is 387 g/mol. The predicted molar refractivity (Wildman–Crippen MR) is 114 cm³/mol. The van der Waals surface area contributed by atoms with Crippen molar-refractivity contribution in [3.8, 4) is 5.75 Å². The van der Waals surface area contributed by atoms with Crippen molar-refractivity contribution in [2.24, 2.45) is 0 Å². The second kappa shape index (κ2) is 8.90. The molecule has 0 unspecified atom stereocenters. The Morgan fingerprint density at radius 1 is 0.846 bits per heavy atom. The average Bonchev–Trinajstić information content (AvgIpc) is 2.66. The second-order valence-electron chi connectivity index (χ2n) is 5.48. The van der Waals surface area contributed by atoms with Crippen LogP contribution in [0.15, 0.2) is 72.8 Å². The molecule has 3 rings (SSSR count). The number of thiocarbonyl (C=S) groups is 1. The van der Waals surface area contributed by atoms with Gasteiger partial charge in [-0.2, -0.15) is 0 Å². The van der Waals surface area contributed by atoms with Crippen molar-refractivity contribution < 1.29 is 4.74 Å². The SMILES string of the molecule is S=C(Nc1ccc(OCc2ccccc2)cc1)Nc1cccc(Cl)c1Cl. The van der Waals surface area contributed by atoms with Crippen molar-refractivity contribution in [1.29, 1.82) is 0 Å². The van der Waals surface area contributed by atoms with Crippen molar-refractivity contribution in [1.82, 2.24) is 0 Å². The van der Waals surface area contributed by atoms with Gasteiger partial charge in [0.15, 0.2) is 5.11 Å².